The summed E-state index contributed by atoms with van der Waals surface area (Å²) < 4.78 is 21.2. The van der Waals surface area contributed by atoms with Gasteiger partial charge in [0, 0.05) is 12.1 Å². The van der Waals surface area contributed by atoms with Gasteiger partial charge in [0.25, 0.3) is 0 Å². The van der Waals surface area contributed by atoms with E-state index in [9.17, 15) is 9.59 Å². The van der Waals surface area contributed by atoms with E-state index < -0.39 is 23.5 Å². The fourth-order valence-electron chi connectivity index (χ4n) is 2.46. The predicted molar refractivity (Wildman–Crippen MR) is 116 cm³/mol. The first-order valence-electron chi connectivity index (χ1n) is 10.2. The Morgan fingerprint density at radius 3 is 2.26 bits per heavy atom. The van der Waals surface area contributed by atoms with Crippen LogP contribution in [0.3, 0.4) is 0 Å². The maximum atomic E-state index is 12.1. The van der Waals surface area contributed by atoms with E-state index in [0.717, 1.165) is 0 Å². The molecule has 1 aromatic heterocycles. The number of carbonyl (C=O) groups excluding carboxylic acids is 2. The number of anilines is 1. The number of aryl methyl sites for hydroxylation is 1. The van der Waals surface area contributed by atoms with E-state index in [1.165, 1.54) is 0 Å². The van der Waals surface area contributed by atoms with Crippen molar-refractivity contribution in [2.75, 3.05) is 18.5 Å². The first kappa shape index (κ1) is 24.2. The maximum absolute atomic E-state index is 12.1. The maximum Gasteiger partial charge on any atom is 0.508 e. The molecule has 0 saturated heterocycles. The quantitative estimate of drug-likeness (QED) is 0.508. The number of benzene rings is 1. The number of carbonyl (C=O) groups is 2. The minimum absolute atomic E-state index is 0.00226. The standard InChI is InChI=1S/C22H31N3O6/c1-8-17-24-16-10-9-14(23-19(26)30-21(2,3)4)13-15(16)18(25-17)28-11-12-29-20(27)31-22(5,6)7/h9-10,13H,8,11-12H2,1-7H3,(H,23,26). The molecular weight excluding hydrogens is 402 g/mol. The van der Waals surface area contributed by atoms with E-state index >= 15 is 0 Å². The van der Waals surface area contributed by atoms with Crippen LogP contribution in [0, 0.1) is 0 Å². The van der Waals surface area contributed by atoms with E-state index in [-0.39, 0.29) is 13.2 Å². The summed E-state index contributed by atoms with van der Waals surface area (Å²) in [5.41, 5.74) is -0.0503. The summed E-state index contributed by atoms with van der Waals surface area (Å²) in [6, 6.07) is 5.21. The highest BCUT2D eigenvalue weighted by molar-refractivity contribution is 5.92. The predicted octanol–water partition coefficient (Wildman–Crippen LogP) is 4.87. The van der Waals surface area contributed by atoms with Gasteiger partial charge in [-0.1, -0.05) is 6.92 Å². The number of fused-ring (bicyclic) bond motifs is 1. The Balaban J connectivity index is 2.12. The number of hydrogen-bond donors (Lipinski definition) is 1. The minimum Gasteiger partial charge on any atom is -0.474 e. The Kier molecular flexibility index (Phi) is 7.65. The van der Waals surface area contributed by atoms with E-state index in [0.29, 0.717) is 34.7 Å². The number of rotatable bonds is 6. The van der Waals surface area contributed by atoms with Gasteiger partial charge in [-0.2, -0.15) is 4.98 Å². The first-order valence-corrected chi connectivity index (χ1v) is 10.2. The van der Waals surface area contributed by atoms with E-state index in [2.05, 4.69) is 15.3 Å². The van der Waals surface area contributed by atoms with Gasteiger partial charge in [0.15, 0.2) is 0 Å². The van der Waals surface area contributed by atoms with Crippen LogP contribution in [0.15, 0.2) is 18.2 Å². The Morgan fingerprint density at radius 1 is 0.968 bits per heavy atom. The molecule has 0 fully saturated rings. The van der Waals surface area contributed by atoms with Crippen molar-refractivity contribution in [3.8, 4) is 5.88 Å². The molecule has 0 spiro atoms. The zero-order valence-corrected chi connectivity index (χ0v) is 19.2. The van der Waals surface area contributed by atoms with Crippen LogP contribution >= 0.6 is 0 Å². The third-order valence-corrected chi connectivity index (χ3v) is 3.60. The second-order valence-electron chi connectivity index (χ2n) is 8.82. The molecule has 0 radical (unpaired) electrons. The molecule has 9 heteroatoms. The van der Waals surface area contributed by atoms with Crippen LogP contribution < -0.4 is 10.1 Å². The van der Waals surface area contributed by atoms with E-state index in [1.54, 1.807) is 59.7 Å². The number of ether oxygens (including phenoxy) is 4. The summed E-state index contributed by atoms with van der Waals surface area (Å²) in [4.78, 5) is 32.6. The van der Waals surface area contributed by atoms with Crippen molar-refractivity contribution in [3.05, 3.63) is 24.0 Å². The summed E-state index contributed by atoms with van der Waals surface area (Å²) in [7, 11) is 0. The Labute approximate surface area is 182 Å². The second-order valence-corrected chi connectivity index (χ2v) is 8.82. The average Bonchev–Trinajstić information content (AvgIpc) is 2.62. The minimum atomic E-state index is -0.762. The number of amides is 1. The van der Waals surface area contributed by atoms with Crippen LogP contribution in [0.1, 0.15) is 54.3 Å². The molecule has 0 aliphatic rings. The molecule has 0 aliphatic heterocycles. The van der Waals surface area contributed by atoms with Crippen LogP contribution in [-0.4, -0.2) is 46.6 Å². The zero-order chi connectivity index (χ0) is 23.2. The SMILES string of the molecule is CCc1nc(OCCOC(=O)OC(C)(C)C)c2cc(NC(=O)OC(C)(C)C)ccc2n1. The Hall–Kier alpha value is -3.10. The molecule has 1 aromatic carbocycles. The summed E-state index contributed by atoms with van der Waals surface area (Å²) in [5.74, 6) is 0.950. The third-order valence-electron chi connectivity index (χ3n) is 3.60. The lowest BCUT2D eigenvalue weighted by Crippen LogP contribution is -2.27. The zero-order valence-electron chi connectivity index (χ0n) is 19.2. The molecule has 1 heterocycles. The van der Waals surface area contributed by atoms with Crippen molar-refractivity contribution in [1.82, 2.24) is 9.97 Å². The molecule has 0 aliphatic carbocycles. The topological polar surface area (TPSA) is 109 Å². The van der Waals surface area contributed by atoms with Crippen molar-refractivity contribution in [2.45, 2.75) is 66.1 Å². The van der Waals surface area contributed by atoms with Crippen LogP contribution in [0.5, 0.6) is 5.88 Å². The lowest BCUT2D eigenvalue weighted by molar-refractivity contribution is -0.0115. The van der Waals surface area contributed by atoms with Crippen molar-refractivity contribution >= 4 is 28.8 Å². The highest BCUT2D eigenvalue weighted by atomic mass is 16.7. The Morgan fingerprint density at radius 2 is 1.65 bits per heavy atom. The number of hydrogen-bond acceptors (Lipinski definition) is 8. The summed E-state index contributed by atoms with van der Waals surface area (Å²) >= 11 is 0. The molecule has 9 nitrogen and oxygen atoms in total. The van der Waals surface area contributed by atoms with E-state index in [1.807, 2.05) is 6.92 Å². The molecule has 2 aromatic rings. The van der Waals surface area contributed by atoms with Crippen LogP contribution in [0.4, 0.5) is 15.3 Å². The summed E-state index contributed by atoms with van der Waals surface area (Å²) in [6.45, 7) is 12.7. The fourth-order valence-corrected chi connectivity index (χ4v) is 2.46. The van der Waals surface area contributed by atoms with Gasteiger partial charge >= 0.3 is 12.2 Å². The van der Waals surface area contributed by atoms with Crippen molar-refractivity contribution in [1.29, 1.82) is 0 Å². The molecule has 0 unspecified atom stereocenters. The molecule has 0 bridgehead atoms. The highest BCUT2D eigenvalue weighted by Crippen LogP contribution is 2.26. The number of nitrogens with zero attached hydrogens (tertiary/aromatic N) is 2. The smallest absolute Gasteiger partial charge is 0.474 e. The molecule has 0 atom stereocenters. The first-order chi connectivity index (χ1) is 14.4. The van der Waals surface area contributed by atoms with Gasteiger partial charge in [-0.05, 0) is 59.7 Å². The van der Waals surface area contributed by atoms with Crippen molar-refractivity contribution < 1.29 is 28.5 Å². The molecule has 2 rings (SSSR count). The molecular formula is C22H31N3O6. The monoisotopic (exact) mass is 433 g/mol. The molecule has 0 saturated carbocycles. The molecule has 1 amide bonds. The van der Waals surface area contributed by atoms with Crippen LogP contribution in [0.2, 0.25) is 0 Å². The van der Waals surface area contributed by atoms with Gasteiger partial charge in [-0.15, -0.1) is 0 Å². The molecule has 170 valence electrons. The Bertz CT molecular complexity index is 931. The van der Waals surface area contributed by atoms with E-state index in [4.69, 9.17) is 18.9 Å². The van der Waals surface area contributed by atoms with Crippen molar-refractivity contribution in [3.63, 3.8) is 0 Å². The van der Waals surface area contributed by atoms with Gasteiger partial charge in [0.1, 0.15) is 30.2 Å². The molecule has 1 N–H and O–H groups in total. The third kappa shape index (κ3) is 8.27. The second kappa shape index (κ2) is 9.80. The van der Waals surface area contributed by atoms with Crippen LogP contribution in [-0.2, 0) is 20.6 Å². The fraction of sp³-hybridized carbons (Fsp3) is 0.545. The van der Waals surface area contributed by atoms with Crippen LogP contribution in [0.25, 0.3) is 10.9 Å². The lowest BCUT2D eigenvalue weighted by Gasteiger charge is -2.20. The van der Waals surface area contributed by atoms with Gasteiger partial charge < -0.3 is 18.9 Å². The largest absolute Gasteiger partial charge is 0.508 e. The number of aromatic nitrogens is 2. The lowest BCUT2D eigenvalue weighted by atomic mass is 10.2. The van der Waals surface area contributed by atoms with Gasteiger partial charge in [0.2, 0.25) is 5.88 Å². The van der Waals surface area contributed by atoms with Gasteiger partial charge in [-0.3, -0.25) is 5.32 Å². The van der Waals surface area contributed by atoms with Gasteiger partial charge in [-0.25, -0.2) is 14.6 Å². The number of nitrogens with one attached hydrogen (secondary N) is 1. The van der Waals surface area contributed by atoms with Crippen molar-refractivity contribution in [2.24, 2.45) is 0 Å². The highest BCUT2D eigenvalue weighted by Gasteiger charge is 2.18. The summed E-state index contributed by atoms with van der Waals surface area (Å²) in [6.07, 6.45) is -0.702. The summed E-state index contributed by atoms with van der Waals surface area (Å²) in [5, 5.41) is 3.31. The van der Waals surface area contributed by atoms with Gasteiger partial charge in [0.05, 0.1) is 10.9 Å². The normalized spacial score (nSPS) is 11.7. The molecule has 31 heavy (non-hydrogen) atoms. The average molecular weight is 434 g/mol.